The number of hydrogen-bond acceptors (Lipinski definition) is 7. The zero-order chi connectivity index (χ0) is 22.0. The molecule has 0 radical (unpaired) electrons. The van der Waals surface area contributed by atoms with Gasteiger partial charge >= 0.3 is 5.97 Å². The number of phenolic OH excluding ortho intramolecular Hbond substituents is 2. The van der Waals surface area contributed by atoms with Crippen LogP contribution in [0.25, 0.3) is 6.08 Å². The third-order valence-electron chi connectivity index (χ3n) is 4.79. The molecule has 7 heteroatoms. The molecule has 0 bridgehead atoms. The third-order valence-corrected chi connectivity index (χ3v) is 4.79. The van der Waals surface area contributed by atoms with E-state index in [2.05, 4.69) is 0 Å². The van der Waals surface area contributed by atoms with E-state index >= 15 is 0 Å². The molecule has 0 saturated carbocycles. The molecule has 0 amide bonds. The molecular weight excluding hydrogens is 400 g/mol. The first-order valence-corrected chi connectivity index (χ1v) is 9.42. The fraction of sp³-hybridized carbons (Fsp3) is 0.0833. The second-order valence-electron chi connectivity index (χ2n) is 6.92. The van der Waals surface area contributed by atoms with Crippen LogP contribution in [0.4, 0.5) is 0 Å². The molecule has 0 aromatic heterocycles. The minimum Gasteiger partial charge on any atom is -0.504 e. The summed E-state index contributed by atoms with van der Waals surface area (Å²) in [6, 6.07) is 17.4. The summed E-state index contributed by atoms with van der Waals surface area (Å²) in [5, 5.41) is 29.6. The Labute approximate surface area is 177 Å². The van der Waals surface area contributed by atoms with Crippen LogP contribution in [0.3, 0.4) is 0 Å². The zero-order valence-electron chi connectivity index (χ0n) is 16.1. The average molecular weight is 418 g/mol. The fourth-order valence-corrected chi connectivity index (χ4v) is 3.21. The summed E-state index contributed by atoms with van der Waals surface area (Å²) >= 11 is 0. The van der Waals surface area contributed by atoms with Gasteiger partial charge in [-0.1, -0.05) is 36.4 Å². The molecule has 7 nitrogen and oxygen atoms in total. The lowest BCUT2D eigenvalue weighted by atomic mass is 9.93. The van der Waals surface area contributed by atoms with E-state index < -0.39 is 29.7 Å². The Hall–Kier alpha value is -4.10. The number of aliphatic hydroxyl groups excluding tert-OH is 1. The van der Waals surface area contributed by atoms with Gasteiger partial charge in [-0.2, -0.15) is 0 Å². The normalized spacial score (nSPS) is 17.8. The van der Waals surface area contributed by atoms with Crippen molar-refractivity contribution in [2.24, 2.45) is 0 Å². The van der Waals surface area contributed by atoms with Gasteiger partial charge in [0, 0.05) is 12.1 Å². The average Bonchev–Trinajstić information content (AvgIpc) is 2.77. The summed E-state index contributed by atoms with van der Waals surface area (Å²) in [6.07, 6.45) is 0.297. The van der Waals surface area contributed by atoms with E-state index in [0.29, 0.717) is 5.56 Å². The number of benzene rings is 3. The van der Waals surface area contributed by atoms with Crippen molar-refractivity contribution in [3.8, 4) is 23.0 Å². The first-order chi connectivity index (χ1) is 14.9. The Bertz CT molecular complexity index is 1170. The van der Waals surface area contributed by atoms with Crippen LogP contribution in [0, 0.1) is 0 Å². The molecule has 0 saturated heterocycles. The maximum Gasteiger partial charge on any atom is 0.336 e. The molecular formula is C24H18O7. The van der Waals surface area contributed by atoms with Gasteiger partial charge in [-0.05, 0) is 41.5 Å². The van der Waals surface area contributed by atoms with Crippen LogP contribution >= 0.6 is 0 Å². The maximum absolute atomic E-state index is 12.6. The number of ether oxygens (including phenoxy) is 2. The fourth-order valence-electron chi connectivity index (χ4n) is 3.21. The second kappa shape index (κ2) is 8.33. The number of carbonyl (C=O) groups excluding carboxylic acids is 2. The first-order valence-electron chi connectivity index (χ1n) is 9.42. The largest absolute Gasteiger partial charge is 0.504 e. The van der Waals surface area contributed by atoms with Gasteiger partial charge in [-0.25, -0.2) is 4.79 Å². The number of aromatic hydroxyl groups is 2. The summed E-state index contributed by atoms with van der Waals surface area (Å²) in [4.78, 5) is 24.7. The van der Waals surface area contributed by atoms with Crippen LogP contribution in [-0.2, 0) is 4.79 Å². The number of rotatable bonds is 4. The molecule has 0 aliphatic carbocycles. The second-order valence-corrected chi connectivity index (χ2v) is 6.92. The molecule has 1 heterocycles. The predicted octanol–water partition coefficient (Wildman–Crippen LogP) is 3.39. The highest BCUT2D eigenvalue weighted by Gasteiger charge is 2.37. The molecule has 1 aliphatic rings. The van der Waals surface area contributed by atoms with Crippen molar-refractivity contribution in [2.75, 3.05) is 0 Å². The predicted molar refractivity (Wildman–Crippen MR) is 111 cm³/mol. The Morgan fingerprint density at radius 1 is 0.968 bits per heavy atom. The number of aliphatic hydroxyl groups is 1. The summed E-state index contributed by atoms with van der Waals surface area (Å²) in [5.74, 6) is -1.62. The Balaban J connectivity index is 1.55. The maximum atomic E-state index is 12.6. The van der Waals surface area contributed by atoms with Crippen molar-refractivity contribution < 1.29 is 34.4 Å². The van der Waals surface area contributed by atoms with E-state index in [-0.39, 0.29) is 22.8 Å². The van der Waals surface area contributed by atoms with Gasteiger partial charge < -0.3 is 24.8 Å². The standard InChI is InChI=1S/C24H18O7/c25-18-10-7-15(12-19(18)26)24-23(29)22(28)17-9-8-16(13-20(17)31-24)30-21(27)11-6-14-4-2-1-3-5-14/h1-13,23-26,29H/b11-6+/t23-,24+/m0/s1. The molecule has 3 N–H and O–H groups in total. The molecule has 3 aromatic rings. The van der Waals surface area contributed by atoms with Crippen LogP contribution in [0.2, 0.25) is 0 Å². The third kappa shape index (κ3) is 4.26. The Kier molecular flexibility index (Phi) is 5.43. The molecule has 0 fully saturated rings. The lowest BCUT2D eigenvalue weighted by molar-refractivity contribution is -0.128. The van der Waals surface area contributed by atoms with Crippen LogP contribution in [0.15, 0.2) is 72.8 Å². The number of carbonyl (C=O) groups is 2. The van der Waals surface area contributed by atoms with Crippen LogP contribution in [0.1, 0.15) is 27.6 Å². The van der Waals surface area contributed by atoms with Gasteiger partial charge in [-0.15, -0.1) is 0 Å². The lowest BCUT2D eigenvalue weighted by Gasteiger charge is -2.30. The van der Waals surface area contributed by atoms with Gasteiger partial charge in [-0.3, -0.25) is 4.79 Å². The topological polar surface area (TPSA) is 113 Å². The molecule has 4 rings (SSSR count). The van der Waals surface area contributed by atoms with Crippen molar-refractivity contribution in [3.63, 3.8) is 0 Å². The molecule has 1 aliphatic heterocycles. The van der Waals surface area contributed by atoms with Gasteiger partial charge in [0.25, 0.3) is 0 Å². The van der Waals surface area contributed by atoms with Crippen molar-refractivity contribution >= 4 is 17.8 Å². The summed E-state index contributed by atoms with van der Waals surface area (Å²) in [6.45, 7) is 0. The molecule has 31 heavy (non-hydrogen) atoms. The number of ketones is 1. The number of fused-ring (bicyclic) bond motifs is 1. The van der Waals surface area contributed by atoms with Crippen LogP contribution < -0.4 is 9.47 Å². The number of phenols is 2. The number of Topliss-reactive ketones (excluding diaryl/α,β-unsaturated/α-hetero) is 1. The molecule has 2 atom stereocenters. The molecule has 3 aromatic carbocycles. The summed E-state index contributed by atoms with van der Waals surface area (Å²) in [7, 11) is 0. The first kappa shape index (κ1) is 20.2. The van der Waals surface area contributed by atoms with Gasteiger partial charge in [0.1, 0.15) is 11.5 Å². The van der Waals surface area contributed by atoms with E-state index in [9.17, 15) is 24.9 Å². The van der Waals surface area contributed by atoms with Gasteiger partial charge in [0.05, 0.1) is 5.56 Å². The number of hydrogen-bond donors (Lipinski definition) is 3. The highest BCUT2D eigenvalue weighted by atomic mass is 16.5. The summed E-state index contributed by atoms with van der Waals surface area (Å²) < 4.78 is 11.1. The zero-order valence-corrected chi connectivity index (χ0v) is 16.1. The smallest absolute Gasteiger partial charge is 0.336 e. The molecule has 156 valence electrons. The monoisotopic (exact) mass is 418 g/mol. The summed E-state index contributed by atoms with van der Waals surface area (Å²) in [5.41, 5.74) is 1.29. The van der Waals surface area contributed by atoms with Crippen molar-refractivity contribution in [1.82, 2.24) is 0 Å². The Morgan fingerprint density at radius 3 is 2.48 bits per heavy atom. The molecule has 0 unspecified atom stereocenters. The SMILES string of the molecule is O=C(/C=C/c1ccccc1)Oc1ccc2c(c1)O[C@H](c1ccc(O)c(O)c1)[C@@H](O)C2=O. The van der Waals surface area contributed by atoms with Gasteiger partial charge in [0.15, 0.2) is 29.5 Å². The van der Waals surface area contributed by atoms with Crippen LogP contribution in [0.5, 0.6) is 23.0 Å². The lowest BCUT2D eigenvalue weighted by Crippen LogP contribution is -2.36. The van der Waals surface area contributed by atoms with E-state index in [1.54, 1.807) is 6.08 Å². The van der Waals surface area contributed by atoms with Gasteiger partial charge in [0.2, 0.25) is 0 Å². The molecule has 0 spiro atoms. The Morgan fingerprint density at radius 2 is 1.74 bits per heavy atom. The van der Waals surface area contributed by atoms with Crippen molar-refractivity contribution in [1.29, 1.82) is 0 Å². The highest BCUT2D eigenvalue weighted by Crippen LogP contribution is 2.39. The minimum atomic E-state index is -1.50. The van der Waals surface area contributed by atoms with Crippen molar-refractivity contribution in [3.05, 3.63) is 89.5 Å². The minimum absolute atomic E-state index is 0.130. The van der Waals surface area contributed by atoms with E-state index in [1.807, 2.05) is 30.3 Å². The highest BCUT2D eigenvalue weighted by molar-refractivity contribution is 6.03. The van der Waals surface area contributed by atoms with E-state index in [1.165, 1.54) is 42.5 Å². The van der Waals surface area contributed by atoms with E-state index in [4.69, 9.17) is 9.47 Å². The van der Waals surface area contributed by atoms with Crippen molar-refractivity contribution in [2.45, 2.75) is 12.2 Å². The van der Waals surface area contributed by atoms with E-state index in [0.717, 1.165) is 5.56 Å². The number of esters is 1. The van der Waals surface area contributed by atoms with Crippen LogP contribution in [-0.4, -0.2) is 33.2 Å². The quantitative estimate of drug-likeness (QED) is 0.258.